The van der Waals surface area contributed by atoms with Crippen LogP contribution in [0.25, 0.3) is 17.0 Å². The third kappa shape index (κ3) is 5.03. The lowest BCUT2D eigenvalue weighted by Crippen LogP contribution is -2.41. The van der Waals surface area contributed by atoms with Crippen LogP contribution < -0.4 is 15.1 Å². The van der Waals surface area contributed by atoms with Crippen molar-refractivity contribution in [2.45, 2.75) is 50.9 Å². The second kappa shape index (κ2) is 10.6. The maximum absolute atomic E-state index is 13.9. The van der Waals surface area contributed by atoms with Gasteiger partial charge in [-0.3, -0.25) is 4.79 Å². The Kier molecular flexibility index (Phi) is 6.85. The summed E-state index contributed by atoms with van der Waals surface area (Å²) in [6, 6.07) is 16.5. The number of alkyl halides is 1. The molecule has 8 nitrogen and oxygen atoms in total. The van der Waals surface area contributed by atoms with Crippen molar-refractivity contribution in [1.29, 1.82) is 0 Å². The summed E-state index contributed by atoms with van der Waals surface area (Å²) in [6.45, 7) is 3.79. The van der Waals surface area contributed by atoms with Gasteiger partial charge in [0.25, 0.3) is 5.91 Å². The van der Waals surface area contributed by atoms with Gasteiger partial charge in [-0.05, 0) is 67.6 Å². The molecule has 2 fully saturated rings. The molecule has 5 heterocycles. The minimum atomic E-state index is -1.47. The number of pyridine rings is 1. The normalized spacial score (nSPS) is 20.1. The predicted molar refractivity (Wildman–Crippen MR) is 146 cm³/mol. The first-order valence-electron chi connectivity index (χ1n) is 13.5. The highest BCUT2D eigenvalue weighted by molar-refractivity contribution is 5.81. The summed E-state index contributed by atoms with van der Waals surface area (Å²) in [7, 11) is 0. The van der Waals surface area contributed by atoms with Gasteiger partial charge < -0.3 is 15.1 Å². The maximum Gasteiger partial charge on any atom is 0.254 e. The van der Waals surface area contributed by atoms with Crippen molar-refractivity contribution in [3.05, 3.63) is 72.2 Å². The van der Waals surface area contributed by atoms with Gasteiger partial charge >= 0.3 is 0 Å². The summed E-state index contributed by atoms with van der Waals surface area (Å²) >= 11 is 0. The Labute approximate surface area is 225 Å². The fourth-order valence-corrected chi connectivity index (χ4v) is 5.60. The lowest BCUT2D eigenvalue weighted by Gasteiger charge is -2.26. The Hall–Kier alpha value is -4.08. The highest BCUT2D eigenvalue weighted by Crippen LogP contribution is 2.36. The highest BCUT2D eigenvalue weighted by Gasteiger charge is 2.29. The second-order valence-corrected chi connectivity index (χ2v) is 10.2. The number of nitrogens with one attached hydrogen (secondary N) is 1. The monoisotopic (exact) mass is 531 g/mol. The quantitative estimate of drug-likeness (QED) is 0.372. The van der Waals surface area contributed by atoms with Crippen molar-refractivity contribution >= 4 is 23.2 Å². The van der Waals surface area contributed by atoms with Crippen molar-refractivity contribution in [2.24, 2.45) is 0 Å². The van der Waals surface area contributed by atoms with Crippen LogP contribution in [0.5, 0.6) is 0 Å². The van der Waals surface area contributed by atoms with Gasteiger partial charge in [-0.1, -0.05) is 25.1 Å². The summed E-state index contributed by atoms with van der Waals surface area (Å²) in [5.74, 6) is 0.815. The summed E-state index contributed by atoms with van der Waals surface area (Å²) in [4.78, 5) is 25.8. The molecule has 3 unspecified atom stereocenters. The van der Waals surface area contributed by atoms with Crippen molar-refractivity contribution < 1.29 is 13.6 Å². The first kappa shape index (κ1) is 25.2. The Morgan fingerprint density at radius 2 is 1.97 bits per heavy atom. The molecule has 0 spiro atoms. The van der Waals surface area contributed by atoms with E-state index in [4.69, 9.17) is 10.1 Å². The molecule has 1 N–H and O–H groups in total. The molecule has 39 heavy (non-hydrogen) atoms. The zero-order valence-electron chi connectivity index (χ0n) is 21.8. The molecule has 0 saturated carbocycles. The van der Waals surface area contributed by atoms with Crippen LogP contribution in [0.3, 0.4) is 0 Å². The van der Waals surface area contributed by atoms with E-state index in [1.807, 2.05) is 40.9 Å². The van der Waals surface area contributed by atoms with Crippen LogP contribution in [0.1, 0.15) is 44.2 Å². The van der Waals surface area contributed by atoms with Gasteiger partial charge in [0.2, 0.25) is 0 Å². The summed E-state index contributed by atoms with van der Waals surface area (Å²) in [5.41, 5.74) is 3.16. The number of hydrogen-bond donors (Lipinski definition) is 1. The van der Waals surface area contributed by atoms with Gasteiger partial charge in [0.1, 0.15) is 23.1 Å². The third-order valence-corrected chi connectivity index (χ3v) is 7.63. The number of amides is 1. The van der Waals surface area contributed by atoms with Crippen LogP contribution in [0, 0.1) is 5.82 Å². The number of aromatic nitrogens is 4. The Morgan fingerprint density at radius 1 is 1.10 bits per heavy atom. The molecule has 2 aliphatic rings. The summed E-state index contributed by atoms with van der Waals surface area (Å²) in [5, 5.41) is 7.75. The van der Waals surface area contributed by atoms with Crippen molar-refractivity contribution in [1.82, 2.24) is 24.9 Å². The molecule has 202 valence electrons. The van der Waals surface area contributed by atoms with Crippen LogP contribution in [0.2, 0.25) is 0 Å². The number of hydrogen-bond acceptors (Lipinski definition) is 6. The molecule has 4 aromatic rings. The molecular weight excluding hydrogens is 500 g/mol. The molecule has 1 aromatic carbocycles. The number of halogens is 2. The molecule has 6 rings (SSSR count). The van der Waals surface area contributed by atoms with E-state index in [0.717, 1.165) is 60.9 Å². The van der Waals surface area contributed by atoms with Crippen molar-refractivity contribution in [3.63, 3.8) is 0 Å². The minimum absolute atomic E-state index is 0.0627. The lowest BCUT2D eigenvalue weighted by atomic mass is 10.0. The van der Waals surface area contributed by atoms with E-state index in [9.17, 15) is 13.6 Å². The van der Waals surface area contributed by atoms with E-state index >= 15 is 0 Å². The highest BCUT2D eigenvalue weighted by atomic mass is 19.1. The Balaban J connectivity index is 1.24. The molecule has 3 aromatic heterocycles. The number of benzene rings is 1. The number of fused-ring (bicyclic) bond motifs is 1. The second-order valence-electron chi connectivity index (χ2n) is 10.2. The van der Waals surface area contributed by atoms with Gasteiger partial charge in [0, 0.05) is 25.7 Å². The number of carbonyl (C=O) groups is 1. The van der Waals surface area contributed by atoms with Gasteiger partial charge in [-0.15, -0.1) is 5.10 Å². The number of imidazole rings is 1. The minimum Gasteiger partial charge on any atom is -0.354 e. The van der Waals surface area contributed by atoms with Crippen LogP contribution in [-0.2, 0) is 4.79 Å². The van der Waals surface area contributed by atoms with Crippen LogP contribution in [0.4, 0.5) is 20.4 Å². The van der Waals surface area contributed by atoms with Gasteiger partial charge in [0.15, 0.2) is 11.8 Å². The first-order valence-corrected chi connectivity index (χ1v) is 13.5. The summed E-state index contributed by atoms with van der Waals surface area (Å²) < 4.78 is 29.5. The summed E-state index contributed by atoms with van der Waals surface area (Å²) in [6.07, 6.45) is 3.14. The third-order valence-electron chi connectivity index (χ3n) is 7.63. The first-order chi connectivity index (χ1) is 19.0. The topological polar surface area (TPSA) is 78.7 Å². The zero-order valence-corrected chi connectivity index (χ0v) is 21.8. The Bertz CT molecular complexity index is 1490. The fourth-order valence-electron chi connectivity index (χ4n) is 5.60. The van der Waals surface area contributed by atoms with Crippen molar-refractivity contribution in [2.75, 3.05) is 29.4 Å². The van der Waals surface area contributed by atoms with E-state index in [1.54, 1.807) is 25.3 Å². The smallest absolute Gasteiger partial charge is 0.254 e. The standard InChI is InChI=1S/C29H31F2N7O/c1-2-22(31)29(39)33-21-13-15-36(18-21)27-10-4-8-23(34-27)25-17-32-26-11-12-28(35-38(25)26)37-14-5-9-24(37)19-6-3-7-20(30)16-19/h3-4,6-8,10-12,16-17,21-22,24H,2,5,9,13-15,18H2,1H3,(H,33,39). The number of anilines is 2. The fraction of sp³-hybridized carbons (Fsp3) is 0.379. The average molecular weight is 532 g/mol. The Morgan fingerprint density at radius 3 is 2.82 bits per heavy atom. The maximum atomic E-state index is 13.9. The zero-order chi connectivity index (χ0) is 26.9. The molecule has 3 atom stereocenters. The number of rotatable bonds is 7. The molecule has 2 saturated heterocycles. The molecule has 0 bridgehead atoms. The molecule has 0 radical (unpaired) electrons. The van der Waals surface area contributed by atoms with Crippen LogP contribution >= 0.6 is 0 Å². The largest absolute Gasteiger partial charge is 0.354 e. The van der Waals surface area contributed by atoms with Gasteiger partial charge in [-0.25, -0.2) is 23.3 Å². The number of carbonyl (C=O) groups excluding carboxylic acids is 1. The average Bonchev–Trinajstić information content (AvgIpc) is 3.72. The molecule has 10 heteroatoms. The lowest BCUT2D eigenvalue weighted by molar-refractivity contribution is -0.126. The van der Waals surface area contributed by atoms with Crippen LogP contribution in [0.15, 0.2) is 60.8 Å². The van der Waals surface area contributed by atoms with Crippen LogP contribution in [-0.4, -0.2) is 57.3 Å². The number of nitrogens with zero attached hydrogens (tertiary/aromatic N) is 6. The van der Waals surface area contributed by atoms with E-state index in [-0.39, 0.29) is 24.3 Å². The van der Waals surface area contributed by atoms with Gasteiger partial charge in [0.05, 0.1) is 17.9 Å². The van der Waals surface area contributed by atoms with Crippen molar-refractivity contribution in [3.8, 4) is 11.4 Å². The van der Waals surface area contributed by atoms with E-state index in [2.05, 4.69) is 20.1 Å². The van der Waals surface area contributed by atoms with Gasteiger partial charge in [-0.2, -0.15) is 0 Å². The molecule has 1 amide bonds. The molecule has 2 aliphatic heterocycles. The van der Waals surface area contributed by atoms with E-state index in [0.29, 0.717) is 12.2 Å². The molecular formula is C29H31F2N7O. The molecule has 0 aliphatic carbocycles. The van der Waals surface area contributed by atoms with E-state index in [1.165, 1.54) is 6.07 Å². The van der Waals surface area contributed by atoms with E-state index < -0.39 is 12.1 Å². The SMILES string of the molecule is CCC(F)C(=O)NC1CCN(c2cccc(-c3cnc4ccc(N5CCCC5c5cccc(F)c5)nn34)n2)C1. The predicted octanol–water partition coefficient (Wildman–Crippen LogP) is 4.71.